The van der Waals surface area contributed by atoms with E-state index in [0.717, 1.165) is 6.07 Å². The molecule has 0 aliphatic rings. The lowest BCUT2D eigenvalue weighted by atomic mass is 10.1. The van der Waals surface area contributed by atoms with Crippen molar-refractivity contribution in [2.24, 2.45) is 0 Å². The Labute approximate surface area is 82.6 Å². The van der Waals surface area contributed by atoms with E-state index in [1.165, 1.54) is 6.92 Å². The third-order valence-electron chi connectivity index (χ3n) is 2.09. The maximum Gasteiger partial charge on any atom is 0.336 e. The van der Waals surface area contributed by atoms with Gasteiger partial charge in [-0.3, -0.25) is 0 Å². The number of aromatic hydroxyl groups is 1. The number of halogens is 2. The van der Waals surface area contributed by atoms with Crippen LogP contribution in [0.15, 0.2) is 21.3 Å². The number of phenols is 1. The van der Waals surface area contributed by atoms with Gasteiger partial charge in [0.2, 0.25) is 0 Å². The van der Waals surface area contributed by atoms with Gasteiger partial charge in [0.1, 0.15) is 0 Å². The Balaban J connectivity index is 3.09. The summed E-state index contributed by atoms with van der Waals surface area (Å²) in [5, 5.41) is 9.23. The van der Waals surface area contributed by atoms with Crippen molar-refractivity contribution in [3.05, 3.63) is 39.8 Å². The van der Waals surface area contributed by atoms with E-state index in [4.69, 9.17) is 0 Å². The molecule has 0 aliphatic carbocycles. The molecule has 0 saturated carbocycles. The summed E-state index contributed by atoms with van der Waals surface area (Å²) in [6.45, 7) is 1.46. The van der Waals surface area contributed by atoms with Crippen LogP contribution in [-0.4, -0.2) is 5.11 Å². The summed E-state index contributed by atoms with van der Waals surface area (Å²) in [5.41, 5.74) is -0.916. The minimum Gasteiger partial charge on any atom is -0.504 e. The van der Waals surface area contributed by atoms with Gasteiger partial charge in [-0.25, -0.2) is 13.6 Å². The van der Waals surface area contributed by atoms with Crippen molar-refractivity contribution in [3.8, 4) is 5.75 Å². The molecule has 0 atom stereocenters. The van der Waals surface area contributed by atoms with Crippen LogP contribution in [0.5, 0.6) is 5.75 Å². The van der Waals surface area contributed by atoms with E-state index >= 15 is 0 Å². The normalized spacial score (nSPS) is 10.9. The van der Waals surface area contributed by atoms with Crippen molar-refractivity contribution >= 4 is 11.0 Å². The summed E-state index contributed by atoms with van der Waals surface area (Å²) in [4.78, 5) is 10.9. The Morgan fingerprint density at radius 1 is 1.27 bits per heavy atom. The van der Waals surface area contributed by atoms with Crippen LogP contribution < -0.4 is 5.63 Å². The van der Waals surface area contributed by atoms with Crippen LogP contribution in [0.3, 0.4) is 0 Å². The maximum absolute atomic E-state index is 13.2. The molecule has 0 unspecified atom stereocenters. The van der Waals surface area contributed by atoms with E-state index in [0.29, 0.717) is 6.07 Å². The highest BCUT2D eigenvalue weighted by molar-refractivity contribution is 5.86. The van der Waals surface area contributed by atoms with E-state index in [1.54, 1.807) is 0 Å². The van der Waals surface area contributed by atoms with Crippen molar-refractivity contribution in [1.82, 2.24) is 0 Å². The van der Waals surface area contributed by atoms with Gasteiger partial charge in [0.15, 0.2) is 23.0 Å². The van der Waals surface area contributed by atoms with Gasteiger partial charge in [-0.05, 0) is 12.5 Å². The van der Waals surface area contributed by atoms with Crippen LogP contribution in [0.2, 0.25) is 0 Å². The van der Waals surface area contributed by atoms with E-state index in [2.05, 4.69) is 4.42 Å². The van der Waals surface area contributed by atoms with Gasteiger partial charge in [0, 0.05) is 12.1 Å². The molecule has 0 fully saturated rings. The molecule has 15 heavy (non-hydrogen) atoms. The fourth-order valence-corrected chi connectivity index (χ4v) is 1.44. The number of phenolic OH excluding ortho intramolecular Hbond substituents is 1. The van der Waals surface area contributed by atoms with Crippen molar-refractivity contribution in [2.45, 2.75) is 6.92 Å². The first-order valence-electron chi connectivity index (χ1n) is 4.12. The lowest BCUT2D eigenvalue weighted by Gasteiger charge is -2.04. The highest BCUT2D eigenvalue weighted by Crippen LogP contribution is 2.31. The van der Waals surface area contributed by atoms with Gasteiger partial charge in [-0.1, -0.05) is 0 Å². The van der Waals surface area contributed by atoms with Gasteiger partial charge in [0.25, 0.3) is 0 Å². The second-order valence-corrected chi connectivity index (χ2v) is 3.14. The van der Waals surface area contributed by atoms with Crippen LogP contribution in [0, 0.1) is 18.6 Å². The molecule has 1 N–H and O–H groups in total. The standard InChI is InChI=1S/C10H6F2O3/c1-4-2-7(13)15-10-6(12)3-5(11)9(14)8(4)10/h2-3,14H,1H3. The molecule has 1 heterocycles. The molecule has 2 aromatic rings. The van der Waals surface area contributed by atoms with Gasteiger partial charge in [-0.2, -0.15) is 0 Å². The monoisotopic (exact) mass is 212 g/mol. The minimum atomic E-state index is -1.09. The second kappa shape index (κ2) is 3.05. The first-order chi connectivity index (χ1) is 7.00. The molecule has 0 aliphatic heterocycles. The molecule has 2 rings (SSSR count). The van der Waals surface area contributed by atoms with Crippen LogP contribution in [-0.2, 0) is 0 Å². The fraction of sp³-hybridized carbons (Fsp3) is 0.100. The molecule has 1 aromatic heterocycles. The van der Waals surface area contributed by atoms with Crippen molar-refractivity contribution in [1.29, 1.82) is 0 Å². The first-order valence-corrected chi connectivity index (χ1v) is 4.12. The third kappa shape index (κ3) is 1.36. The fourth-order valence-electron chi connectivity index (χ4n) is 1.44. The van der Waals surface area contributed by atoms with Gasteiger partial charge >= 0.3 is 5.63 Å². The first kappa shape index (κ1) is 9.64. The number of aryl methyl sites for hydroxylation is 1. The molecular formula is C10H6F2O3. The molecular weight excluding hydrogens is 206 g/mol. The van der Waals surface area contributed by atoms with Crippen LogP contribution in [0.25, 0.3) is 11.0 Å². The van der Waals surface area contributed by atoms with Crippen molar-refractivity contribution in [2.75, 3.05) is 0 Å². The molecule has 5 heteroatoms. The summed E-state index contributed by atoms with van der Waals surface area (Å²) in [5.74, 6) is -2.81. The Morgan fingerprint density at radius 3 is 2.60 bits per heavy atom. The number of hydrogen-bond acceptors (Lipinski definition) is 3. The van der Waals surface area contributed by atoms with E-state index in [-0.39, 0.29) is 10.9 Å². The summed E-state index contributed by atoms with van der Waals surface area (Å²) in [7, 11) is 0. The van der Waals surface area contributed by atoms with Gasteiger partial charge < -0.3 is 9.52 Å². The highest BCUT2D eigenvalue weighted by Gasteiger charge is 2.16. The zero-order valence-electron chi connectivity index (χ0n) is 7.67. The number of benzene rings is 1. The van der Waals surface area contributed by atoms with E-state index < -0.39 is 28.6 Å². The quantitative estimate of drug-likeness (QED) is 0.680. The lowest BCUT2D eigenvalue weighted by Crippen LogP contribution is -2.00. The molecule has 0 saturated heterocycles. The highest BCUT2D eigenvalue weighted by atomic mass is 19.1. The predicted molar refractivity (Wildman–Crippen MR) is 48.8 cm³/mol. The molecule has 78 valence electrons. The van der Waals surface area contributed by atoms with Gasteiger partial charge in [0.05, 0.1) is 5.39 Å². The van der Waals surface area contributed by atoms with Crippen LogP contribution in [0.4, 0.5) is 8.78 Å². The number of rotatable bonds is 0. The Kier molecular flexibility index (Phi) is 1.96. The molecule has 0 amide bonds. The zero-order chi connectivity index (χ0) is 11.2. The zero-order valence-corrected chi connectivity index (χ0v) is 7.67. The van der Waals surface area contributed by atoms with Gasteiger partial charge in [-0.15, -0.1) is 0 Å². The topological polar surface area (TPSA) is 50.4 Å². The predicted octanol–water partition coefficient (Wildman–Crippen LogP) is 2.09. The SMILES string of the molecule is Cc1cc(=O)oc2c(F)cc(F)c(O)c12. The average molecular weight is 212 g/mol. The smallest absolute Gasteiger partial charge is 0.336 e. The average Bonchev–Trinajstić information content (AvgIpc) is 2.13. The Bertz CT molecular complexity index is 602. The third-order valence-corrected chi connectivity index (χ3v) is 2.09. The summed E-state index contributed by atoms with van der Waals surface area (Å²) < 4.78 is 30.7. The van der Waals surface area contributed by atoms with Crippen LogP contribution in [0.1, 0.15) is 5.56 Å². The molecule has 1 aromatic carbocycles. The van der Waals surface area contributed by atoms with Crippen LogP contribution >= 0.6 is 0 Å². The summed E-state index contributed by atoms with van der Waals surface area (Å²) in [6.07, 6.45) is 0. The van der Waals surface area contributed by atoms with E-state index in [1.807, 2.05) is 0 Å². The van der Waals surface area contributed by atoms with E-state index in [9.17, 15) is 18.7 Å². The van der Waals surface area contributed by atoms with Crippen molar-refractivity contribution < 1.29 is 18.3 Å². The maximum atomic E-state index is 13.2. The Morgan fingerprint density at radius 2 is 1.93 bits per heavy atom. The second-order valence-electron chi connectivity index (χ2n) is 3.14. The Hall–Kier alpha value is -1.91. The van der Waals surface area contributed by atoms with Crippen molar-refractivity contribution in [3.63, 3.8) is 0 Å². The summed E-state index contributed by atoms with van der Waals surface area (Å²) in [6, 6.07) is 1.53. The lowest BCUT2D eigenvalue weighted by molar-refractivity contribution is 0.430. The number of hydrogen-bond donors (Lipinski definition) is 1. The molecule has 0 spiro atoms. The molecule has 0 bridgehead atoms. The minimum absolute atomic E-state index is 0.118. The molecule has 3 nitrogen and oxygen atoms in total. The number of fused-ring (bicyclic) bond motifs is 1. The largest absolute Gasteiger partial charge is 0.504 e. The molecule has 0 radical (unpaired) electrons. The summed E-state index contributed by atoms with van der Waals surface area (Å²) >= 11 is 0.